The van der Waals surface area contributed by atoms with E-state index in [4.69, 9.17) is 0 Å². The van der Waals surface area contributed by atoms with Gasteiger partial charge in [0, 0.05) is 0 Å². The molecule has 58 valence electrons. The Balaban J connectivity index is 0.000000720. The van der Waals surface area contributed by atoms with Crippen LogP contribution in [0.25, 0.3) is 0 Å². The first kappa shape index (κ1) is 9.70. The average molecular weight is 175 g/mol. The van der Waals surface area contributed by atoms with Crippen molar-refractivity contribution in [3.8, 4) is 0 Å². The van der Waals surface area contributed by atoms with Gasteiger partial charge in [0.25, 0.3) is 0 Å². The Bertz CT molecular complexity index is 281. The van der Waals surface area contributed by atoms with Gasteiger partial charge in [0.15, 0.2) is 0 Å². The molecule has 1 heterocycles. The third-order valence-corrected chi connectivity index (χ3v) is 1.96. The second-order valence-corrected chi connectivity index (χ2v) is 2.66. The quantitative estimate of drug-likeness (QED) is 0.425. The minimum absolute atomic E-state index is 0. The van der Waals surface area contributed by atoms with Crippen molar-refractivity contribution in [3.63, 3.8) is 0 Å². The van der Waals surface area contributed by atoms with Crippen LogP contribution in [0.15, 0.2) is 12.7 Å². The molecule has 0 unspecified atom stereocenters. The van der Waals surface area contributed by atoms with E-state index in [-0.39, 0.29) is 29.6 Å². The third-order valence-electron chi connectivity index (χ3n) is 1.96. The van der Waals surface area contributed by atoms with Gasteiger partial charge in [0.1, 0.15) is 18.2 Å². The van der Waals surface area contributed by atoms with Gasteiger partial charge in [-0.05, 0) is 12.8 Å². The Morgan fingerprint density at radius 3 is 2.58 bits per heavy atom. The van der Waals surface area contributed by atoms with Crippen LogP contribution < -0.4 is 34.7 Å². The maximum absolute atomic E-state index is 10.6. The SMILES string of the molecule is O=C([O-])C1(n2cncn2)CC1.[Na+]. The molecule has 0 atom stereocenters. The number of carboxylic acid groups (broad SMARTS) is 1. The first-order chi connectivity index (χ1) is 5.26. The standard InChI is InChI=1S/C6H7N3O2.Na/c10-5(11)6(1-2-6)9-4-7-3-8-9;/h3-4H,1-2H2,(H,10,11);/q;+1/p-1. The summed E-state index contributed by atoms with van der Waals surface area (Å²) in [5.41, 5.74) is -0.878. The molecule has 0 spiro atoms. The van der Waals surface area contributed by atoms with Crippen LogP contribution in [-0.4, -0.2) is 20.7 Å². The van der Waals surface area contributed by atoms with Gasteiger partial charge in [-0.3, -0.25) is 0 Å². The van der Waals surface area contributed by atoms with E-state index in [0.29, 0.717) is 12.8 Å². The molecule has 1 saturated carbocycles. The van der Waals surface area contributed by atoms with Crippen molar-refractivity contribution in [3.05, 3.63) is 12.7 Å². The molecule has 2 rings (SSSR count). The normalized spacial score (nSPS) is 18.0. The van der Waals surface area contributed by atoms with Crippen LogP contribution in [0.4, 0.5) is 0 Å². The van der Waals surface area contributed by atoms with Crippen LogP contribution in [-0.2, 0) is 10.3 Å². The molecule has 1 aliphatic carbocycles. The van der Waals surface area contributed by atoms with Crippen molar-refractivity contribution in [1.82, 2.24) is 14.8 Å². The van der Waals surface area contributed by atoms with Crippen molar-refractivity contribution in [2.24, 2.45) is 0 Å². The summed E-state index contributed by atoms with van der Waals surface area (Å²) in [5.74, 6) is -1.07. The average Bonchev–Trinajstić information content (AvgIpc) is 2.61. The maximum atomic E-state index is 10.6. The van der Waals surface area contributed by atoms with Gasteiger partial charge in [-0.15, -0.1) is 0 Å². The van der Waals surface area contributed by atoms with Crippen LogP contribution in [0.1, 0.15) is 12.8 Å². The number of hydrogen-bond donors (Lipinski definition) is 0. The molecule has 1 aliphatic rings. The van der Waals surface area contributed by atoms with E-state index in [1.165, 1.54) is 17.3 Å². The number of carbonyl (C=O) groups is 1. The van der Waals surface area contributed by atoms with Gasteiger partial charge in [-0.1, -0.05) is 0 Å². The predicted octanol–water partition coefficient (Wildman–Crippen LogP) is -4.48. The zero-order valence-electron chi connectivity index (χ0n) is 6.73. The first-order valence-corrected chi connectivity index (χ1v) is 3.32. The summed E-state index contributed by atoms with van der Waals surface area (Å²) in [6, 6.07) is 0. The molecule has 5 nitrogen and oxygen atoms in total. The van der Waals surface area contributed by atoms with E-state index < -0.39 is 11.5 Å². The van der Waals surface area contributed by atoms with E-state index in [0.717, 1.165) is 0 Å². The summed E-state index contributed by atoms with van der Waals surface area (Å²) < 4.78 is 1.35. The molecule has 0 saturated heterocycles. The predicted molar refractivity (Wildman–Crippen MR) is 32.2 cm³/mol. The second-order valence-electron chi connectivity index (χ2n) is 2.66. The monoisotopic (exact) mass is 175 g/mol. The molecular formula is C6H6N3NaO2. The summed E-state index contributed by atoms with van der Waals surface area (Å²) in [6.07, 6.45) is 3.92. The topological polar surface area (TPSA) is 70.8 Å². The number of hydrogen-bond acceptors (Lipinski definition) is 4. The van der Waals surface area contributed by atoms with Crippen LogP contribution in [0, 0.1) is 0 Å². The number of carboxylic acids is 1. The fourth-order valence-electron chi connectivity index (χ4n) is 1.07. The van der Waals surface area contributed by atoms with Gasteiger partial charge in [-0.25, -0.2) is 9.67 Å². The van der Waals surface area contributed by atoms with Gasteiger partial charge in [0.05, 0.1) is 5.97 Å². The van der Waals surface area contributed by atoms with E-state index >= 15 is 0 Å². The molecule has 0 radical (unpaired) electrons. The first-order valence-electron chi connectivity index (χ1n) is 3.32. The third kappa shape index (κ3) is 1.28. The van der Waals surface area contributed by atoms with E-state index in [1.54, 1.807) is 0 Å². The summed E-state index contributed by atoms with van der Waals surface area (Å²) in [7, 11) is 0. The number of rotatable bonds is 2. The summed E-state index contributed by atoms with van der Waals surface area (Å²) in [5, 5.41) is 14.3. The second kappa shape index (κ2) is 3.16. The molecular weight excluding hydrogens is 169 g/mol. The van der Waals surface area contributed by atoms with Gasteiger partial charge >= 0.3 is 29.6 Å². The van der Waals surface area contributed by atoms with Crippen LogP contribution in [0.5, 0.6) is 0 Å². The van der Waals surface area contributed by atoms with Crippen molar-refractivity contribution < 1.29 is 39.5 Å². The molecule has 1 fully saturated rings. The molecule has 1 aromatic rings. The summed E-state index contributed by atoms with van der Waals surface area (Å²) in [4.78, 5) is 14.3. The summed E-state index contributed by atoms with van der Waals surface area (Å²) in [6.45, 7) is 0. The van der Waals surface area contributed by atoms with Gasteiger partial charge in [0.2, 0.25) is 0 Å². The Morgan fingerprint density at radius 1 is 1.58 bits per heavy atom. The molecule has 6 heteroatoms. The Morgan fingerprint density at radius 2 is 2.25 bits per heavy atom. The molecule has 0 aromatic carbocycles. The number of nitrogens with zero attached hydrogens (tertiary/aromatic N) is 3. The van der Waals surface area contributed by atoms with Crippen LogP contribution in [0.2, 0.25) is 0 Å². The van der Waals surface area contributed by atoms with E-state index in [9.17, 15) is 9.90 Å². The molecule has 0 bridgehead atoms. The van der Waals surface area contributed by atoms with Gasteiger partial charge < -0.3 is 9.90 Å². The zero-order chi connectivity index (χ0) is 7.90. The number of aliphatic carboxylic acids is 1. The van der Waals surface area contributed by atoms with Crippen molar-refractivity contribution in [2.45, 2.75) is 18.4 Å². The molecule has 0 amide bonds. The fourth-order valence-corrected chi connectivity index (χ4v) is 1.07. The Hall–Kier alpha value is -0.390. The van der Waals surface area contributed by atoms with Gasteiger partial charge in [-0.2, -0.15) is 5.10 Å². The fraction of sp³-hybridized carbons (Fsp3) is 0.500. The number of aromatic nitrogens is 3. The Labute approximate surface area is 91.1 Å². The smallest absolute Gasteiger partial charge is 0.547 e. The van der Waals surface area contributed by atoms with Crippen molar-refractivity contribution in [1.29, 1.82) is 0 Å². The molecule has 0 N–H and O–H groups in total. The summed E-state index contributed by atoms with van der Waals surface area (Å²) >= 11 is 0. The maximum Gasteiger partial charge on any atom is 1.00 e. The zero-order valence-corrected chi connectivity index (χ0v) is 8.73. The Kier molecular flexibility index (Phi) is 2.55. The number of carbonyl (C=O) groups excluding carboxylic acids is 1. The van der Waals surface area contributed by atoms with E-state index in [1.807, 2.05) is 0 Å². The minimum Gasteiger partial charge on any atom is -0.547 e. The molecule has 0 aliphatic heterocycles. The van der Waals surface area contributed by atoms with Crippen molar-refractivity contribution in [2.75, 3.05) is 0 Å². The van der Waals surface area contributed by atoms with Crippen LogP contribution in [0.3, 0.4) is 0 Å². The van der Waals surface area contributed by atoms with Crippen molar-refractivity contribution >= 4 is 5.97 Å². The molecule has 12 heavy (non-hydrogen) atoms. The largest absolute Gasteiger partial charge is 1.00 e. The molecule has 1 aromatic heterocycles. The van der Waals surface area contributed by atoms with E-state index in [2.05, 4.69) is 10.1 Å². The van der Waals surface area contributed by atoms with Crippen LogP contribution >= 0.6 is 0 Å². The minimum atomic E-state index is -1.07.